The van der Waals surface area contributed by atoms with Crippen LogP contribution in [0.2, 0.25) is 0 Å². The van der Waals surface area contributed by atoms with Crippen molar-refractivity contribution in [2.24, 2.45) is 0 Å². The number of hydrogen-bond donors (Lipinski definition) is 2. The third-order valence-electron chi connectivity index (χ3n) is 5.16. The van der Waals surface area contributed by atoms with Gasteiger partial charge < -0.3 is 20.4 Å². The summed E-state index contributed by atoms with van der Waals surface area (Å²) in [6.07, 6.45) is 0.0843. The third kappa shape index (κ3) is 4.70. The van der Waals surface area contributed by atoms with E-state index in [2.05, 4.69) is 32.7 Å². The highest BCUT2D eigenvalue weighted by atomic mass is 32.1. The third-order valence-corrected chi connectivity index (χ3v) is 6.07. The maximum Gasteiger partial charge on any atom is 0.323 e. The summed E-state index contributed by atoms with van der Waals surface area (Å²) in [6, 6.07) is 9.97. The Hall–Kier alpha value is -3.14. The average molecular weight is 429 g/mol. The molecule has 30 heavy (non-hydrogen) atoms. The molecule has 2 saturated heterocycles. The molecule has 2 aliphatic heterocycles. The van der Waals surface area contributed by atoms with Gasteiger partial charge >= 0.3 is 6.03 Å². The van der Waals surface area contributed by atoms with Crippen molar-refractivity contribution in [2.45, 2.75) is 6.42 Å². The molecule has 0 aliphatic carbocycles. The number of rotatable bonds is 6. The Bertz CT molecular complexity index is 910. The van der Waals surface area contributed by atoms with Crippen LogP contribution in [0.25, 0.3) is 0 Å². The zero-order chi connectivity index (χ0) is 20.9. The van der Waals surface area contributed by atoms with Gasteiger partial charge in [-0.1, -0.05) is 18.2 Å². The number of carbonyl (C=O) groups excluding carboxylic acids is 3. The van der Waals surface area contributed by atoms with E-state index in [0.29, 0.717) is 37.0 Å². The molecule has 1 aromatic heterocycles. The number of aromatic nitrogens is 1. The molecule has 2 aliphatic rings. The number of hydrogen-bond acceptors (Lipinski definition) is 6. The number of piperazine rings is 1. The number of carbonyl (C=O) groups is 3. The minimum absolute atomic E-state index is 0.0182. The predicted octanol–water partition coefficient (Wildman–Crippen LogP) is 0.680. The number of amides is 4. The van der Waals surface area contributed by atoms with Crippen LogP contribution in [0, 0.1) is 0 Å². The molecule has 2 aromatic rings. The summed E-state index contributed by atoms with van der Waals surface area (Å²) in [7, 11) is 0. The van der Waals surface area contributed by atoms with Crippen LogP contribution in [0.4, 0.5) is 15.6 Å². The summed E-state index contributed by atoms with van der Waals surface area (Å²) in [4.78, 5) is 46.3. The molecule has 9 nitrogen and oxygen atoms in total. The van der Waals surface area contributed by atoms with Gasteiger partial charge in [-0.2, -0.15) is 0 Å². The molecule has 0 spiro atoms. The van der Waals surface area contributed by atoms with Gasteiger partial charge in [0.1, 0.15) is 0 Å². The first kappa shape index (κ1) is 20.1. The van der Waals surface area contributed by atoms with Crippen molar-refractivity contribution in [3.05, 3.63) is 41.4 Å². The normalized spacial score (nSPS) is 16.5. The molecule has 0 radical (unpaired) electrons. The zero-order valence-corrected chi connectivity index (χ0v) is 17.4. The van der Waals surface area contributed by atoms with Crippen molar-refractivity contribution in [3.8, 4) is 0 Å². The summed E-state index contributed by atoms with van der Waals surface area (Å²) in [5.74, 6) is -0.335. The minimum Gasteiger partial charge on any atom is -0.368 e. The van der Waals surface area contributed by atoms with Crippen molar-refractivity contribution in [3.63, 3.8) is 0 Å². The van der Waals surface area contributed by atoms with Crippen LogP contribution in [-0.2, 0) is 16.0 Å². The lowest BCUT2D eigenvalue weighted by atomic mass is 10.2. The zero-order valence-electron chi connectivity index (χ0n) is 16.5. The van der Waals surface area contributed by atoms with Gasteiger partial charge in [0.15, 0.2) is 5.13 Å². The predicted molar refractivity (Wildman–Crippen MR) is 115 cm³/mol. The number of nitrogens with one attached hydrogen (secondary N) is 2. The number of urea groups is 1. The molecule has 2 fully saturated rings. The molecule has 2 N–H and O–H groups in total. The number of benzene rings is 1. The van der Waals surface area contributed by atoms with E-state index in [1.165, 1.54) is 11.3 Å². The summed E-state index contributed by atoms with van der Waals surface area (Å²) >= 11 is 1.33. The van der Waals surface area contributed by atoms with Crippen LogP contribution < -0.4 is 20.4 Å². The number of anilines is 2. The van der Waals surface area contributed by atoms with Crippen LogP contribution in [0.15, 0.2) is 35.7 Å². The summed E-state index contributed by atoms with van der Waals surface area (Å²) < 4.78 is 0. The first-order valence-corrected chi connectivity index (χ1v) is 10.8. The molecule has 3 heterocycles. The second-order valence-electron chi connectivity index (χ2n) is 7.16. The number of nitrogens with zero attached hydrogens (tertiary/aromatic N) is 4. The second-order valence-corrected chi connectivity index (χ2v) is 8.00. The van der Waals surface area contributed by atoms with Crippen LogP contribution in [0.3, 0.4) is 0 Å². The lowest BCUT2D eigenvalue weighted by molar-refractivity contribution is -0.133. The molecule has 4 amide bonds. The quantitative estimate of drug-likeness (QED) is 0.705. The van der Waals surface area contributed by atoms with Crippen molar-refractivity contribution in [2.75, 3.05) is 55.6 Å². The maximum absolute atomic E-state index is 12.4. The average Bonchev–Trinajstić information content (AvgIpc) is 3.41. The molecule has 1 aromatic carbocycles. The van der Waals surface area contributed by atoms with Crippen molar-refractivity contribution in [1.82, 2.24) is 20.5 Å². The summed E-state index contributed by atoms with van der Waals surface area (Å²) in [5, 5.41) is 7.76. The summed E-state index contributed by atoms with van der Waals surface area (Å²) in [6.45, 7) is 3.97. The van der Waals surface area contributed by atoms with Gasteiger partial charge in [0.2, 0.25) is 11.8 Å². The molecular formula is C20H24N6O3S. The SMILES string of the molecule is O=C(Cc1csc(N2CCNC2=O)n1)NCC(=O)N1CCN(c2ccccc2)CC1. The molecular weight excluding hydrogens is 404 g/mol. The topological polar surface area (TPSA) is 97.9 Å². The first-order chi connectivity index (χ1) is 14.6. The van der Waals surface area contributed by atoms with Crippen LogP contribution >= 0.6 is 11.3 Å². The van der Waals surface area contributed by atoms with Crippen molar-refractivity contribution >= 4 is 40.0 Å². The van der Waals surface area contributed by atoms with Gasteiger partial charge in [-0.15, -0.1) is 11.3 Å². The van der Waals surface area contributed by atoms with Crippen LogP contribution in [0.5, 0.6) is 0 Å². The van der Waals surface area contributed by atoms with E-state index in [0.717, 1.165) is 18.8 Å². The Labute approximate surface area is 178 Å². The minimum atomic E-state index is -0.256. The van der Waals surface area contributed by atoms with Gasteiger partial charge in [-0.05, 0) is 12.1 Å². The Kier molecular flexibility index (Phi) is 6.12. The first-order valence-electron chi connectivity index (χ1n) is 9.94. The van der Waals surface area contributed by atoms with Gasteiger partial charge in [-0.25, -0.2) is 9.78 Å². The van der Waals surface area contributed by atoms with E-state index in [-0.39, 0.29) is 30.8 Å². The second kappa shape index (κ2) is 9.12. The smallest absolute Gasteiger partial charge is 0.323 e. The van der Waals surface area contributed by atoms with Crippen molar-refractivity contribution in [1.29, 1.82) is 0 Å². The largest absolute Gasteiger partial charge is 0.368 e. The highest BCUT2D eigenvalue weighted by Gasteiger charge is 2.24. The summed E-state index contributed by atoms with van der Waals surface area (Å²) in [5.41, 5.74) is 1.75. The van der Waals surface area contributed by atoms with Gasteiger partial charge in [0.05, 0.1) is 18.7 Å². The van der Waals surface area contributed by atoms with Gasteiger partial charge in [0.25, 0.3) is 0 Å². The lowest BCUT2D eigenvalue weighted by Crippen LogP contribution is -2.51. The Morgan fingerprint density at radius 2 is 1.87 bits per heavy atom. The molecule has 10 heteroatoms. The molecule has 4 rings (SSSR count). The Morgan fingerprint density at radius 1 is 1.10 bits per heavy atom. The fraction of sp³-hybridized carbons (Fsp3) is 0.400. The fourth-order valence-electron chi connectivity index (χ4n) is 3.52. The van der Waals surface area contributed by atoms with E-state index < -0.39 is 0 Å². The highest BCUT2D eigenvalue weighted by Crippen LogP contribution is 2.22. The molecule has 0 atom stereocenters. The molecule has 0 unspecified atom stereocenters. The van der Waals surface area contributed by atoms with E-state index in [1.54, 1.807) is 15.2 Å². The lowest BCUT2D eigenvalue weighted by Gasteiger charge is -2.36. The Balaban J connectivity index is 1.20. The van der Waals surface area contributed by atoms with Crippen molar-refractivity contribution < 1.29 is 14.4 Å². The van der Waals surface area contributed by atoms with E-state index in [9.17, 15) is 14.4 Å². The number of thiazole rings is 1. The van der Waals surface area contributed by atoms with Crippen LogP contribution in [-0.4, -0.2) is 73.5 Å². The molecule has 0 bridgehead atoms. The molecule has 0 saturated carbocycles. The standard InChI is InChI=1S/C20H24N6O3S/c27-17(12-15-14-30-20(23-15)26-7-6-21-19(26)29)22-13-18(28)25-10-8-24(9-11-25)16-4-2-1-3-5-16/h1-5,14H,6-13H2,(H,21,29)(H,22,27). The fourth-order valence-corrected chi connectivity index (χ4v) is 4.37. The van der Waals surface area contributed by atoms with Crippen LogP contribution in [0.1, 0.15) is 5.69 Å². The molecule has 158 valence electrons. The van der Waals surface area contributed by atoms with Gasteiger partial charge in [0, 0.05) is 50.3 Å². The maximum atomic E-state index is 12.4. The van der Waals surface area contributed by atoms with E-state index in [4.69, 9.17) is 0 Å². The van der Waals surface area contributed by atoms with E-state index in [1.807, 2.05) is 18.2 Å². The highest BCUT2D eigenvalue weighted by molar-refractivity contribution is 7.14. The Morgan fingerprint density at radius 3 is 2.57 bits per heavy atom. The van der Waals surface area contributed by atoms with E-state index >= 15 is 0 Å². The van der Waals surface area contributed by atoms with Gasteiger partial charge in [-0.3, -0.25) is 14.5 Å². The monoisotopic (exact) mass is 428 g/mol. The number of para-hydroxylation sites is 1.